The second-order valence-corrected chi connectivity index (χ2v) is 7.37. The summed E-state index contributed by atoms with van der Waals surface area (Å²) < 4.78 is 7.46. The highest BCUT2D eigenvalue weighted by atomic mass is 16.5. The summed E-state index contributed by atoms with van der Waals surface area (Å²) >= 11 is 0. The van der Waals surface area contributed by atoms with Crippen LogP contribution < -0.4 is 0 Å². The Kier molecular flexibility index (Phi) is 5.09. The molecule has 0 unspecified atom stereocenters. The lowest BCUT2D eigenvalue weighted by Crippen LogP contribution is -2.63. The fraction of sp³-hybridized carbons (Fsp3) is 0.476. The molecule has 2 fully saturated rings. The largest absolute Gasteiger partial charge is 0.381 e. The van der Waals surface area contributed by atoms with Gasteiger partial charge in [0.05, 0.1) is 0 Å². The highest BCUT2D eigenvalue weighted by Crippen LogP contribution is 2.26. The van der Waals surface area contributed by atoms with Crippen LogP contribution in [-0.2, 0) is 18.3 Å². The van der Waals surface area contributed by atoms with Crippen LogP contribution in [0.15, 0.2) is 48.7 Å². The Hall–Kier alpha value is -2.11. The van der Waals surface area contributed by atoms with Crippen molar-refractivity contribution in [2.24, 2.45) is 7.05 Å². The molecule has 2 aliphatic heterocycles. The first kappa shape index (κ1) is 17.3. The van der Waals surface area contributed by atoms with Crippen molar-refractivity contribution in [3.05, 3.63) is 59.9 Å². The van der Waals surface area contributed by atoms with Crippen molar-refractivity contribution in [3.8, 4) is 0 Å². The summed E-state index contributed by atoms with van der Waals surface area (Å²) in [6.07, 6.45) is 4.08. The average molecular weight is 353 g/mol. The smallest absolute Gasteiger partial charge is 0.270 e. The van der Waals surface area contributed by atoms with E-state index in [0.717, 1.165) is 51.4 Å². The Labute approximate surface area is 155 Å². The first-order valence-corrected chi connectivity index (χ1v) is 9.50. The highest BCUT2D eigenvalue weighted by Gasteiger charge is 2.38. The van der Waals surface area contributed by atoms with E-state index >= 15 is 0 Å². The Morgan fingerprint density at radius 1 is 1.08 bits per heavy atom. The monoisotopic (exact) mass is 353 g/mol. The molecular formula is C21H27N3O2. The minimum atomic E-state index is 0.139. The van der Waals surface area contributed by atoms with Crippen LogP contribution in [0.5, 0.6) is 0 Å². The third kappa shape index (κ3) is 3.55. The van der Waals surface area contributed by atoms with E-state index in [9.17, 15) is 4.79 Å². The van der Waals surface area contributed by atoms with Crippen LogP contribution in [0.4, 0.5) is 0 Å². The standard InChI is InChI=1S/C21H27N3O2/c1-22-11-5-8-20(22)21(25)23-15-19(16-23)24(18-9-12-26-13-10-18)14-17-6-3-2-4-7-17/h2-8,11,18-19H,9-10,12-16H2,1H3. The zero-order valence-electron chi connectivity index (χ0n) is 15.4. The topological polar surface area (TPSA) is 37.7 Å². The molecule has 4 rings (SSSR count). The van der Waals surface area contributed by atoms with Gasteiger partial charge in [0, 0.05) is 58.2 Å². The minimum absolute atomic E-state index is 0.139. The number of aromatic nitrogens is 1. The Morgan fingerprint density at radius 2 is 1.81 bits per heavy atom. The molecule has 1 amide bonds. The molecule has 138 valence electrons. The second-order valence-electron chi connectivity index (χ2n) is 7.37. The van der Waals surface area contributed by atoms with Crippen LogP contribution in [0.2, 0.25) is 0 Å². The van der Waals surface area contributed by atoms with Gasteiger partial charge >= 0.3 is 0 Å². The van der Waals surface area contributed by atoms with Crippen LogP contribution in [0.25, 0.3) is 0 Å². The second kappa shape index (κ2) is 7.64. The third-order valence-corrected chi connectivity index (χ3v) is 5.65. The first-order valence-electron chi connectivity index (χ1n) is 9.50. The number of likely N-dealkylation sites (tertiary alicyclic amines) is 1. The fourth-order valence-electron chi connectivity index (χ4n) is 4.04. The van der Waals surface area contributed by atoms with Gasteiger partial charge in [-0.05, 0) is 30.5 Å². The molecule has 1 aromatic carbocycles. The normalized spacial score (nSPS) is 18.9. The number of nitrogens with zero attached hydrogens (tertiary/aromatic N) is 3. The third-order valence-electron chi connectivity index (χ3n) is 5.65. The van der Waals surface area contributed by atoms with Crippen molar-refractivity contribution in [1.29, 1.82) is 0 Å². The Balaban J connectivity index is 1.43. The van der Waals surface area contributed by atoms with E-state index < -0.39 is 0 Å². The summed E-state index contributed by atoms with van der Waals surface area (Å²) in [6.45, 7) is 4.26. The molecule has 5 heteroatoms. The molecule has 0 N–H and O–H groups in total. The molecule has 26 heavy (non-hydrogen) atoms. The molecule has 0 atom stereocenters. The van der Waals surface area contributed by atoms with Gasteiger partial charge in [0.25, 0.3) is 5.91 Å². The van der Waals surface area contributed by atoms with E-state index in [4.69, 9.17) is 4.74 Å². The Bertz CT molecular complexity index is 731. The molecule has 3 heterocycles. The lowest BCUT2D eigenvalue weighted by Gasteiger charge is -2.49. The van der Waals surface area contributed by atoms with Crippen LogP contribution in [0.1, 0.15) is 28.9 Å². The molecule has 0 bridgehead atoms. The zero-order valence-corrected chi connectivity index (χ0v) is 15.4. The van der Waals surface area contributed by atoms with Gasteiger partial charge in [-0.1, -0.05) is 30.3 Å². The van der Waals surface area contributed by atoms with Crippen molar-refractivity contribution in [3.63, 3.8) is 0 Å². The van der Waals surface area contributed by atoms with Gasteiger partial charge in [0.2, 0.25) is 0 Å². The number of aryl methyl sites for hydroxylation is 1. The van der Waals surface area contributed by atoms with E-state index in [2.05, 4.69) is 35.2 Å². The van der Waals surface area contributed by atoms with Crippen molar-refractivity contribution in [1.82, 2.24) is 14.4 Å². The van der Waals surface area contributed by atoms with Gasteiger partial charge in [0.15, 0.2) is 0 Å². The SMILES string of the molecule is Cn1cccc1C(=O)N1CC(N(Cc2ccccc2)C2CCOCC2)C1. The van der Waals surface area contributed by atoms with Crippen molar-refractivity contribution in [2.45, 2.75) is 31.5 Å². The quantitative estimate of drug-likeness (QED) is 0.829. The summed E-state index contributed by atoms with van der Waals surface area (Å²) in [4.78, 5) is 17.3. The molecule has 2 saturated heterocycles. The lowest BCUT2D eigenvalue weighted by atomic mass is 9.98. The summed E-state index contributed by atoms with van der Waals surface area (Å²) in [5, 5.41) is 0. The predicted molar refractivity (Wildman–Crippen MR) is 101 cm³/mol. The van der Waals surface area contributed by atoms with Crippen LogP contribution in [0.3, 0.4) is 0 Å². The molecule has 0 aliphatic carbocycles. The number of hydrogen-bond acceptors (Lipinski definition) is 3. The predicted octanol–water partition coefficient (Wildman–Crippen LogP) is 2.53. The molecular weight excluding hydrogens is 326 g/mol. The van der Waals surface area contributed by atoms with Crippen molar-refractivity contribution >= 4 is 5.91 Å². The highest BCUT2D eigenvalue weighted by molar-refractivity contribution is 5.93. The van der Waals surface area contributed by atoms with Gasteiger partial charge in [-0.15, -0.1) is 0 Å². The van der Waals surface area contributed by atoms with E-state index in [0.29, 0.717) is 12.1 Å². The zero-order chi connectivity index (χ0) is 17.9. The maximum Gasteiger partial charge on any atom is 0.270 e. The van der Waals surface area contributed by atoms with Crippen molar-refractivity contribution in [2.75, 3.05) is 26.3 Å². The van der Waals surface area contributed by atoms with E-state index in [1.54, 1.807) is 0 Å². The van der Waals surface area contributed by atoms with Gasteiger partial charge in [-0.2, -0.15) is 0 Å². The maximum absolute atomic E-state index is 12.7. The average Bonchev–Trinajstić information content (AvgIpc) is 3.07. The number of rotatable bonds is 5. The molecule has 0 spiro atoms. The number of carbonyl (C=O) groups excluding carboxylic acids is 1. The van der Waals surface area contributed by atoms with Crippen LogP contribution >= 0.6 is 0 Å². The molecule has 2 aliphatic rings. The number of carbonyl (C=O) groups is 1. The maximum atomic E-state index is 12.7. The fourth-order valence-corrected chi connectivity index (χ4v) is 4.04. The Morgan fingerprint density at radius 3 is 2.46 bits per heavy atom. The van der Waals surface area contributed by atoms with Crippen LogP contribution in [-0.4, -0.2) is 58.7 Å². The first-order chi connectivity index (χ1) is 12.7. The molecule has 2 aromatic rings. The summed E-state index contributed by atoms with van der Waals surface area (Å²) in [5.41, 5.74) is 2.11. The number of ether oxygens (including phenoxy) is 1. The van der Waals surface area contributed by atoms with Crippen LogP contribution in [0, 0.1) is 0 Å². The molecule has 1 aromatic heterocycles. The van der Waals surface area contributed by atoms with Gasteiger partial charge in [-0.25, -0.2) is 0 Å². The van der Waals surface area contributed by atoms with Gasteiger partial charge < -0.3 is 14.2 Å². The number of amides is 1. The number of hydrogen-bond donors (Lipinski definition) is 0. The van der Waals surface area contributed by atoms with E-state index in [1.165, 1.54) is 5.56 Å². The van der Waals surface area contributed by atoms with Gasteiger partial charge in [0.1, 0.15) is 5.69 Å². The summed E-state index contributed by atoms with van der Waals surface area (Å²) in [7, 11) is 1.92. The van der Waals surface area contributed by atoms with E-state index in [-0.39, 0.29) is 5.91 Å². The molecule has 0 saturated carbocycles. The molecule has 5 nitrogen and oxygen atoms in total. The lowest BCUT2D eigenvalue weighted by molar-refractivity contribution is -0.0291. The minimum Gasteiger partial charge on any atom is -0.381 e. The summed E-state index contributed by atoms with van der Waals surface area (Å²) in [6, 6.07) is 15.4. The summed E-state index contributed by atoms with van der Waals surface area (Å²) in [5.74, 6) is 0.139. The van der Waals surface area contributed by atoms with E-state index in [1.807, 2.05) is 34.8 Å². The number of benzene rings is 1. The van der Waals surface area contributed by atoms with Crippen molar-refractivity contribution < 1.29 is 9.53 Å². The van der Waals surface area contributed by atoms with Gasteiger partial charge in [-0.3, -0.25) is 9.69 Å². The molecule has 0 radical (unpaired) electrons.